The first-order chi connectivity index (χ1) is 14.5. The highest BCUT2D eigenvalue weighted by Gasteiger charge is 2.33. The molecule has 1 atom stereocenters. The average molecular weight is 424 g/mol. The lowest BCUT2D eigenvalue weighted by Gasteiger charge is -2.15. The third-order valence-corrected chi connectivity index (χ3v) is 5.26. The number of aliphatic hydroxyl groups is 1. The van der Waals surface area contributed by atoms with Crippen molar-refractivity contribution in [2.45, 2.75) is 32.5 Å². The third-order valence-electron chi connectivity index (χ3n) is 4.89. The first-order valence-electron chi connectivity index (χ1n) is 9.77. The average Bonchev–Trinajstić information content (AvgIpc) is 2.79. The van der Waals surface area contributed by atoms with Gasteiger partial charge in [0.25, 0.3) is 6.04 Å². The number of benzene rings is 2. The molecule has 0 bridgehead atoms. The number of halogens is 1. The first kappa shape index (κ1) is 21.7. The van der Waals surface area contributed by atoms with Crippen molar-refractivity contribution in [1.29, 1.82) is 0 Å². The number of hydrogen-bond donors (Lipinski definition) is 2. The van der Waals surface area contributed by atoms with Crippen LogP contribution in [0.3, 0.4) is 0 Å². The molecular formula is C24H24FN2O2S+. The Morgan fingerprint density at radius 3 is 2.37 bits per heavy atom. The molecular weight excluding hydrogens is 399 g/mol. The van der Waals surface area contributed by atoms with E-state index in [1.165, 1.54) is 12.1 Å². The maximum atomic E-state index is 13.4. The lowest BCUT2D eigenvalue weighted by Crippen LogP contribution is -2.51. The van der Waals surface area contributed by atoms with Gasteiger partial charge in [0.15, 0.2) is 17.4 Å². The highest BCUT2D eigenvalue weighted by atomic mass is 32.1. The van der Waals surface area contributed by atoms with E-state index in [-0.39, 0.29) is 18.2 Å². The molecule has 6 heteroatoms. The summed E-state index contributed by atoms with van der Waals surface area (Å²) in [4.78, 5) is 13.7. The summed E-state index contributed by atoms with van der Waals surface area (Å²) < 4.78 is 14.8. The zero-order valence-corrected chi connectivity index (χ0v) is 17.5. The minimum absolute atomic E-state index is 0.136. The Morgan fingerprint density at radius 1 is 1.07 bits per heavy atom. The molecule has 1 heterocycles. The van der Waals surface area contributed by atoms with Crippen molar-refractivity contribution in [2.24, 2.45) is 0 Å². The van der Waals surface area contributed by atoms with Gasteiger partial charge in [0.1, 0.15) is 5.82 Å². The molecule has 4 nitrogen and oxygen atoms in total. The van der Waals surface area contributed by atoms with E-state index in [2.05, 4.69) is 12.2 Å². The van der Waals surface area contributed by atoms with Gasteiger partial charge in [-0.3, -0.25) is 4.79 Å². The van der Waals surface area contributed by atoms with Crippen molar-refractivity contribution >= 4 is 23.0 Å². The molecule has 0 aliphatic carbocycles. The highest BCUT2D eigenvalue weighted by molar-refractivity contribution is 7.80. The number of aromatic nitrogens is 1. The van der Waals surface area contributed by atoms with Crippen molar-refractivity contribution in [2.75, 3.05) is 0 Å². The predicted molar refractivity (Wildman–Crippen MR) is 118 cm³/mol. The normalized spacial score (nSPS) is 11.7. The fourth-order valence-corrected chi connectivity index (χ4v) is 3.44. The number of hydrogen-bond acceptors (Lipinski definition) is 3. The summed E-state index contributed by atoms with van der Waals surface area (Å²) in [6.07, 6.45) is 4.37. The van der Waals surface area contributed by atoms with Gasteiger partial charge in [-0.05, 0) is 35.7 Å². The van der Waals surface area contributed by atoms with Gasteiger partial charge < -0.3 is 10.4 Å². The number of carbonyl (C=O) groups is 1. The number of Topliss-reactive ketones (excluding diaryl/α,β-unsaturated/α-hetero) is 1. The molecule has 0 amide bonds. The molecule has 30 heavy (non-hydrogen) atoms. The molecule has 154 valence electrons. The molecule has 2 aromatic carbocycles. The smallest absolute Gasteiger partial charge is 0.270 e. The maximum absolute atomic E-state index is 13.4. The van der Waals surface area contributed by atoms with Crippen LogP contribution < -0.4 is 9.88 Å². The van der Waals surface area contributed by atoms with Gasteiger partial charge in [-0.15, -0.1) is 0 Å². The molecule has 0 spiro atoms. The molecule has 3 aromatic rings. The largest absolute Gasteiger partial charge is 0.391 e. The second kappa shape index (κ2) is 10.2. The summed E-state index contributed by atoms with van der Waals surface area (Å²) in [5.41, 5.74) is 3.24. The molecule has 1 aromatic heterocycles. The van der Waals surface area contributed by atoms with Crippen LogP contribution in [0.15, 0.2) is 73.1 Å². The monoisotopic (exact) mass is 423 g/mol. The Hall–Kier alpha value is -2.96. The van der Waals surface area contributed by atoms with Crippen LogP contribution in [0.25, 0.3) is 0 Å². The van der Waals surface area contributed by atoms with Crippen LogP contribution in [0.2, 0.25) is 0 Å². The van der Waals surface area contributed by atoms with Crippen LogP contribution in [0.1, 0.15) is 40.0 Å². The molecule has 0 unspecified atom stereocenters. The number of aryl methyl sites for hydroxylation is 1. The number of rotatable bonds is 8. The Kier molecular flexibility index (Phi) is 7.38. The Labute approximate surface area is 181 Å². The predicted octanol–water partition coefficient (Wildman–Crippen LogP) is 3.71. The van der Waals surface area contributed by atoms with E-state index in [0.29, 0.717) is 22.7 Å². The zero-order valence-electron chi connectivity index (χ0n) is 16.7. The fourth-order valence-electron chi connectivity index (χ4n) is 3.14. The van der Waals surface area contributed by atoms with Gasteiger partial charge >= 0.3 is 0 Å². The van der Waals surface area contributed by atoms with Crippen LogP contribution in [0.5, 0.6) is 0 Å². The van der Waals surface area contributed by atoms with Gasteiger partial charge in [0.2, 0.25) is 5.78 Å². The zero-order chi connectivity index (χ0) is 21.5. The lowest BCUT2D eigenvalue weighted by molar-refractivity contribution is -0.692. The molecule has 0 radical (unpaired) electrons. The summed E-state index contributed by atoms with van der Waals surface area (Å²) in [7, 11) is 0. The Balaban J connectivity index is 1.88. The van der Waals surface area contributed by atoms with Gasteiger partial charge in [0, 0.05) is 23.7 Å². The van der Waals surface area contributed by atoms with E-state index in [1.54, 1.807) is 41.2 Å². The van der Waals surface area contributed by atoms with E-state index in [9.17, 15) is 14.3 Å². The van der Waals surface area contributed by atoms with Crippen molar-refractivity contribution in [3.8, 4) is 0 Å². The fraction of sp³-hybridized carbons (Fsp3) is 0.208. The second-order valence-electron chi connectivity index (χ2n) is 6.98. The molecule has 0 aliphatic heterocycles. The molecule has 0 saturated heterocycles. The topological polar surface area (TPSA) is 53.2 Å². The van der Waals surface area contributed by atoms with E-state index < -0.39 is 6.04 Å². The van der Waals surface area contributed by atoms with Gasteiger partial charge in [-0.2, -0.15) is 4.57 Å². The van der Waals surface area contributed by atoms with Crippen LogP contribution in [0.4, 0.5) is 4.39 Å². The van der Waals surface area contributed by atoms with Crippen LogP contribution >= 0.6 is 12.2 Å². The number of ketones is 1. The number of aliphatic hydroxyl groups excluding tert-OH is 1. The van der Waals surface area contributed by atoms with Crippen LogP contribution in [-0.2, 0) is 19.6 Å². The summed E-state index contributed by atoms with van der Waals surface area (Å²) >= 11 is 5.60. The lowest BCUT2D eigenvalue weighted by atomic mass is 10.0. The molecule has 3 rings (SSSR count). The van der Waals surface area contributed by atoms with Crippen molar-refractivity contribution in [3.05, 3.63) is 101 Å². The minimum Gasteiger partial charge on any atom is -0.391 e. The number of pyridine rings is 1. The summed E-state index contributed by atoms with van der Waals surface area (Å²) in [5, 5.41) is 12.6. The van der Waals surface area contributed by atoms with Crippen LogP contribution in [-0.4, -0.2) is 15.9 Å². The van der Waals surface area contributed by atoms with Gasteiger partial charge in [0.05, 0.1) is 6.61 Å². The number of carbonyl (C=O) groups excluding carboxylic acids is 1. The van der Waals surface area contributed by atoms with E-state index >= 15 is 0 Å². The quantitative estimate of drug-likeness (QED) is 0.330. The summed E-state index contributed by atoms with van der Waals surface area (Å²) in [5.74, 6) is -0.448. The van der Waals surface area contributed by atoms with E-state index in [4.69, 9.17) is 12.2 Å². The highest BCUT2D eigenvalue weighted by Crippen LogP contribution is 2.14. The summed E-state index contributed by atoms with van der Waals surface area (Å²) in [6.45, 7) is 2.30. The van der Waals surface area contributed by atoms with Crippen molar-refractivity contribution in [3.63, 3.8) is 0 Å². The second-order valence-corrected chi connectivity index (χ2v) is 7.42. The Morgan fingerprint density at radius 2 is 1.73 bits per heavy atom. The summed E-state index contributed by atoms with van der Waals surface area (Å²) in [6, 6.07) is 16.4. The number of thiocarbonyl (C=S) groups is 1. The number of nitrogens with zero attached hydrogens (tertiary/aromatic N) is 1. The third kappa shape index (κ3) is 5.34. The SMILES string of the molecule is CCc1ccc(C(=O)[C@@H](C(=S)NCc2ccc(F)cc2)[n+]2cccc(CO)c2)cc1. The van der Waals surface area contributed by atoms with Crippen molar-refractivity contribution in [1.82, 2.24) is 5.32 Å². The van der Waals surface area contributed by atoms with E-state index in [1.807, 2.05) is 24.3 Å². The molecule has 0 fully saturated rings. The van der Waals surface area contributed by atoms with Gasteiger partial charge in [-0.1, -0.05) is 55.5 Å². The standard InChI is InChI=1S/C24H23FN2O2S/c1-2-17-5-9-20(10-6-17)23(29)22(27-13-3-4-19(15-27)16-28)24(30)26-14-18-7-11-21(25)12-8-18/h3-13,15,22,28H,2,14,16H2,1H3/p+1/t22-/m0/s1. The molecule has 0 saturated carbocycles. The number of nitrogens with one attached hydrogen (secondary N) is 1. The van der Waals surface area contributed by atoms with E-state index in [0.717, 1.165) is 17.5 Å². The maximum Gasteiger partial charge on any atom is 0.270 e. The molecule has 2 N–H and O–H groups in total. The first-order valence-corrected chi connectivity index (χ1v) is 10.2. The van der Waals surface area contributed by atoms with Crippen molar-refractivity contribution < 1.29 is 18.9 Å². The Bertz CT molecular complexity index is 1020. The molecule has 0 aliphatic rings. The van der Waals surface area contributed by atoms with Crippen LogP contribution in [0, 0.1) is 5.82 Å². The van der Waals surface area contributed by atoms with Gasteiger partial charge in [-0.25, -0.2) is 4.39 Å². The minimum atomic E-state index is -0.764.